The maximum Gasteiger partial charge on any atom is 0.171 e. The van der Waals surface area contributed by atoms with Crippen molar-refractivity contribution < 1.29 is 9.64 Å². The number of benzene rings is 1. The minimum absolute atomic E-state index is 0.405. The Balaban J connectivity index is 1.62. The fourth-order valence-corrected chi connectivity index (χ4v) is 4.24. The number of thiocarbonyl (C=S) groups is 1. The lowest BCUT2D eigenvalue weighted by molar-refractivity contribution is -0.937. The monoisotopic (exact) mass is 376 g/mol. The summed E-state index contributed by atoms with van der Waals surface area (Å²) in [7, 11) is 0. The second-order valence-electron chi connectivity index (χ2n) is 6.42. The summed E-state index contributed by atoms with van der Waals surface area (Å²) in [4.78, 5) is 2.97. The number of rotatable bonds is 5. The molecule has 6 heteroatoms. The average molecular weight is 377 g/mol. The van der Waals surface area contributed by atoms with E-state index in [1.807, 2.05) is 11.3 Å². The van der Waals surface area contributed by atoms with Crippen molar-refractivity contribution in [2.24, 2.45) is 0 Å². The molecule has 2 heterocycles. The van der Waals surface area contributed by atoms with E-state index in [0.29, 0.717) is 11.2 Å². The first kappa shape index (κ1) is 18.3. The molecule has 25 heavy (non-hydrogen) atoms. The Kier molecular flexibility index (Phi) is 6.42. The fourth-order valence-electron chi connectivity index (χ4n) is 3.17. The normalized spacial score (nSPS) is 16.4. The highest BCUT2D eigenvalue weighted by molar-refractivity contribution is 7.80. The van der Waals surface area contributed by atoms with Crippen LogP contribution in [0.3, 0.4) is 0 Å². The summed E-state index contributed by atoms with van der Waals surface area (Å²) in [5.74, 6) is 0. The van der Waals surface area contributed by atoms with Gasteiger partial charge >= 0.3 is 0 Å². The number of aryl methyl sites for hydroxylation is 1. The first-order valence-electron chi connectivity index (χ1n) is 8.72. The molecule has 3 rings (SSSR count). The van der Waals surface area contributed by atoms with Crippen molar-refractivity contribution in [3.05, 3.63) is 51.7 Å². The smallest absolute Gasteiger partial charge is 0.171 e. The van der Waals surface area contributed by atoms with Gasteiger partial charge in [0.1, 0.15) is 19.1 Å². The molecule has 1 fully saturated rings. The molecular formula is C19H26N3OS2+. The van der Waals surface area contributed by atoms with Gasteiger partial charge in [0, 0.05) is 5.69 Å². The molecule has 134 valence electrons. The molecule has 1 atom stereocenters. The van der Waals surface area contributed by atoms with Gasteiger partial charge in [-0.3, -0.25) is 0 Å². The van der Waals surface area contributed by atoms with E-state index >= 15 is 0 Å². The molecule has 1 aliphatic heterocycles. The van der Waals surface area contributed by atoms with Crippen LogP contribution in [0, 0.1) is 13.8 Å². The molecule has 0 amide bonds. The molecule has 2 aromatic rings. The molecule has 1 aliphatic rings. The van der Waals surface area contributed by atoms with Gasteiger partial charge in [-0.25, -0.2) is 0 Å². The number of nitrogens with one attached hydrogen (secondary N) is 3. The molecule has 3 N–H and O–H groups in total. The number of quaternary nitrogens is 1. The van der Waals surface area contributed by atoms with Crippen molar-refractivity contribution in [3.63, 3.8) is 0 Å². The second-order valence-corrected chi connectivity index (χ2v) is 7.81. The van der Waals surface area contributed by atoms with Crippen LogP contribution in [0.4, 0.5) is 5.69 Å². The number of ether oxygens (including phenoxy) is 1. The Labute approximate surface area is 159 Å². The van der Waals surface area contributed by atoms with E-state index < -0.39 is 0 Å². The molecule has 0 spiro atoms. The summed E-state index contributed by atoms with van der Waals surface area (Å²) in [6.45, 7) is 8.82. The Hall–Kier alpha value is -1.47. The predicted octanol–water partition coefficient (Wildman–Crippen LogP) is 2.31. The molecule has 4 nitrogen and oxygen atoms in total. The van der Waals surface area contributed by atoms with Crippen LogP contribution in [0.5, 0.6) is 0 Å². The summed E-state index contributed by atoms with van der Waals surface area (Å²) in [6.07, 6.45) is 0. The Morgan fingerprint density at radius 1 is 1.24 bits per heavy atom. The van der Waals surface area contributed by atoms with E-state index in [1.165, 1.54) is 16.0 Å². The van der Waals surface area contributed by atoms with Crippen LogP contribution in [-0.4, -0.2) is 38.0 Å². The maximum absolute atomic E-state index is 5.54. The Morgan fingerprint density at radius 2 is 2.04 bits per heavy atom. The van der Waals surface area contributed by atoms with Crippen LogP contribution in [0.1, 0.15) is 22.0 Å². The minimum Gasteiger partial charge on any atom is -0.370 e. The third kappa shape index (κ3) is 4.79. The van der Waals surface area contributed by atoms with Crippen molar-refractivity contribution >= 4 is 34.4 Å². The van der Waals surface area contributed by atoms with Gasteiger partial charge in [-0.1, -0.05) is 18.2 Å². The van der Waals surface area contributed by atoms with Crippen molar-refractivity contribution in [1.82, 2.24) is 5.32 Å². The molecular weight excluding hydrogens is 350 g/mol. The van der Waals surface area contributed by atoms with E-state index in [2.05, 4.69) is 60.2 Å². The standard InChI is InChI=1S/C19H25N3OS2/c1-14-5-3-6-16(15(14)2)21-19(24)20-13-17(18-7-4-12-25-18)22-8-10-23-11-9-22/h3-7,12,17H,8-11,13H2,1-2H3,(H2,20,21,24)/p+1/t17-/m0/s1. The molecule has 1 aromatic carbocycles. The summed E-state index contributed by atoms with van der Waals surface area (Å²) in [5.41, 5.74) is 3.58. The summed E-state index contributed by atoms with van der Waals surface area (Å²) < 4.78 is 5.52. The van der Waals surface area contributed by atoms with Gasteiger partial charge < -0.3 is 20.3 Å². The van der Waals surface area contributed by atoms with Crippen LogP contribution in [0.15, 0.2) is 35.7 Å². The lowest BCUT2D eigenvalue weighted by Gasteiger charge is -2.31. The second kappa shape index (κ2) is 8.76. The topological polar surface area (TPSA) is 37.7 Å². The first-order chi connectivity index (χ1) is 12.1. The van der Waals surface area contributed by atoms with Crippen LogP contribution in [0.2, 0.25) is 0 Å². The largest absolute Gasteiger partial charge is 0.370 e. The lowest BCUT2D eigenvalue weighted by atomic mass is 10.1. The van der Waals surface area contributed by atoms with Gasteiger partial charge in [-0.2, -0.15) is 0 Å². The van der Waals surface area contributed by atoms with Crippen molar-refractivity contribution in [3.8, 4) is 0 Å². The summed E-state index contributed by atoms with van der Waals surface area (Å²) in [6, 6.07) is 11.0. The van der Waals surface area contributed by atoms with E-state index in [9.17, 15) is 0 Å². The third-order valence-electron chi connectivity index (χ3n) is 4.83. The van der Waals surface area contributed by atoms with E-state index in [-0.39, 0.29) is 0 Å². The first-order valence-corrected chi connectivity index (χ1v) is 10.0. The number of thiophene rings is 1. The average Bonchev–Trinajstić information content (AvgIpc) is 3.14. The lowest BCUT2D eigenvalue weighted by Crippen LogP contribution is -3.15. The van der Waals surface area contributed by atoms with Crippen molar-refractivity contribution in [2.75, 3.05) is 38.2 Å². The van der Waals surface area contributed by atoms with Gasteiger partial charge in [-0.05, 0) is 54.7 Å². The fraction of sp³-hybridized carbons (Fsp3) is 0.421. The third-order valence-corrected chi connectivity index (χ3v) is 6.07. The highest BCUT2D eigenvalue weighted by Crippen LogP contribution is 2.18. The summed E-state index contributed by atoms with van der Waals surface area (Å²) >= 11 is 7.35. The van der Waals surface area contributed by atoms with Gasteiger partial charge in [0.2, 0.25) is 0 Å². The van der Waals surface area contributed by atoms with Crippen LogP contribution < -0.4 is 15.5 Å². The van der Waals surface area contributed by atoms with Gasteiger partial charge in [0.25, 0.3) is 0 Å². The predicted molar refractivity (Wildman–Crippen MR) is 109 cm³/mol. The van der Waals surface area contributed by atoms with Gasteiger partial charge in [0.05, 0.1) is 24.6 Å². The highest BCUT2D eigenvalue weighted by Gasteiger charge is 2.27. The SMILES string of the molecule is Cc1cccc(NC(=S)NC[C@@H](c2cccs2)[NH+]2CCOCC2)c1C. The Morgan fingerprint density at radius 3 is 2.76 bits per heavy atom. The molecule has 1 saturated heterocycles. The highest BCUT2D eigenvalue weighted by atomic mass is 32.1. The summed E-state index contributed by atoms with van der Waals surface area (Å²) in [5, 5.41) is 9.60. The number of morpholine rings is 1. The molecule has 0 bridgehead atoms. The van der Waals surface area contributed by atoms with Crippen molar-refractivity contribution in [1.29, 1.82) is 0 Å². The number of hydrogen-bond acceptors (Lipinski definition) is 3. The van der Waals surface area contributed by atoms with E-state index in [1.54, 1.807) is 4.90 Å². The quantitative estimate of drug-likeness (QED) is 0.700. The van der Waals surface area contributed by atoms with Gasteiger partial charge in [0.15, 0.2) is 5.11 Å². The molecule has 1 aromatic heterocycles. The van der Waals surface area contributed by atoms with E-state index in [4.69, 9.17) is 17.0 Å². The number of hydrogen-bond donors (Lipinski definition) is 3. The Bertz CT molecular complexity index is 697. The molecule has 0 saturated carbocycles. The molecule has 0 aliphatic carbocycles. The van der Waals surface area contributed by atoms with E-state index in [0.717, 1.165) is 38.5 Å². The molecule has 0 unspecified atom stereocenters. The van der Waals surface area contributed by atoms with Crippen molar-refractivity contribution in [2.45, 2.75) is 19.9 Å². The molecule has 0 radical (unpaired) electrons. The number of anilines is 1. The zero-order chi connectivity index (χ0) is 17.6. The van der Waals surface area contributed by atoms with Crippen LogP contribution >= 0.6 is 23.6 Å². The van der Waals surface area contributed by atoms with Crippen LogP contribution in [0.25, 0.3) is 0 Å². The zero-order valence-electron chi connectivity index (χ0n) is 14.8. The minimum atomic E-state index is 0.405. The maximum atomic E-state index is 5.54. The zero-order valence-corrected chi connectivity index (χ0v) is 16.4. The van der Waals surface area contributed by atoms with Gasteiger partial charge in [-0.15, -0.1) is 11.3 Å². The van der Waals surface area contributed by atoms with Crippen LogP contribution in [-0.2, 0) is 4.74 Å².